The summed E-state index contributed by atoms with van der Waals surface area (Å²) < 4.78 is 52.6. The normalized spacial score (nSPS) is 12.3. The molecule has 0 aliphatic carbocycles. The second-order valence-corrected chi connectivity index (χ2v) is 5.19. The van der Waals surface area contributed by atoms with Gasteiger partial charge in [0.1, 0.15) is 0 Å². The molecule has 0 bridgehead atoms. The van der Waals surface area contributed by atoms with Crippen LogP contribution in [-0.4, -0.2) is 32.8 Å². The summed E-state index contributed by atoms with van der Waals surface area (Å²) in [5.74, 6) is -5.79. The quantitative estimate of drug-likeness (QED) is 0.498. The molecule has 9 heteroatoms. The minimum absolute atomic E-state index is 0.851. The van der Waals surface area contributed by atoms with E-state index in [4.69, 9.17) is 0 Å². The molecule has 111 valence electrons. The zero-order chi connectivity index (χ0) is 15.4. The second kappa shape index (κ2) is 6.37. The molecule has 0 saturated carbocycles. The van der Waals surface area contributed by atoms with E-state index < -0.39 is 60.4 Å². The first-order chi connectivity index (χ1) is 8.38. The van der Waals surface area contributed by atoms with Crippen molar-refractivity contribution in [2.24, 2.45) is 0 Å². The third kappa shape index (κ3) is 6.06. The Morgan fingerprint density at radius 3 is 1.26 bits per heavy atom. The number of alkyl halides is 4. The van der Waals surface area contributed by atoms with Crippen molar-refractivity contribution in [1.82, 2.24) is 0 Å². The molecule has 0 spiro atoms. The predicted octanol–water partition coefficient (Wildman–Crippen LogP) is 1.35. The van der Waals surface area contributed by atoms with E-state index in [2.05, 4.69) is 0 Å². The molecule has 4 nitrogen and oxygen atoms in total. The number of hydrogen-bond acceptors (Lipinski definition) is 4. The number of hydrogen-bond donors (Lipinski definition) is 0. The van der Waals surface area contributed by atoms with Crippen LogP contribution in [0.15, 0.2) is 0 Å². The average Bonchev–Trinajstić information content (AvgIpc) is 2.13. The molecule has 0 N–H and O–H groups in total. The van der Waals surface area contributed by atoms with Crippen LogP contribution in [0.25, 0.3) is 0 Å². The van der Waals surface area contributed by atoms with Crippen molar-refractivity contribution >= 4 is 23.1 Å². The topological polar surface area (TPSA) is 68.3 Å². The van der Waals surface area contributed by atoms with Crippen molar-refractivity contribution in [3.8, 4) is 0 Å². The number of carbonyl (C=O) groups is 4. The van der Waals surface area contributed by atoms with E-state index in [-0.39, 0.29) is 0 Å². The number of rotatable bonds is 8. The van der Waals surface area contributed by atoms with Crippen LogP contribution in [0, 0.1) is 0 Å². The number of halogens is 4. The first-order valence-electron chi connectivity index (χ1n) is 4.82. The maximum absolute atomic E-state index is 13.1. The van der Waals surface area contributed by atoms with Gasteiger partial charge < -0.3 is 0 Å². The number of carbonyl (C=O) groups excluding carboxylic acids is 4. The van der Waals surface area contributed by atoms with E-state index in [1.54, 1.807) is 0 Å². The first-order valence-corrected chi connectivity index (χ1v) is 5.86. The van der Waals surface area contributed by atoms with Crippen LogP contribution in [0.1, 0.15) is 26.7 Å². The van der Waals surface area contributed by atoms with Gasteiger partial charge in [0.25, 0.3) is 0 Å². The Morgan fingerprint density at radius 1 is 0.789 bits per heavy atom. The fraction of sp³-hybridized carbons (Fsp3) is 0.600. The summed E-state index contributed by atoms with van der Waals surface area (Å²) >= 11 is -2.01. The summed E-state index contributed by atoms with van der Waals surface area (Å²) in [4.78, 5) is 33.7. The maximum atomic E-state index is 13.1. The van der Waals surface area contributed by atoms with Gasteiger partial charge in [0.15, 0.2) is 0 Å². The molecular weight excluding hydrogens is 319 g/mol. The van der Waals surface area contributed by atoms with E-state index in [1.165, 1.54) is 0 Å². The van der Waals surface area contributed by atoms with Gasteiger partial charge in [0, 0.05) is 0 Å². The van der Waals surface area contributed by atoms with Gasteiger partial charge in [-0.2, -0.15) is 0 Å². The fourth-order valence-electron chi connectivity index (χ4n) is 0.869. The van der Waals surface area contributed by atoms with Gasteiger partial charge in [-0.15, -0.1) is 0 Å². The number of ketones is 4. The predicted molar refractivity (Wildman–Crippen MR) is 50.5 cm³/mol. The van der Waals surface area contributed by atoms with Crippen LogP contribution in [0.5, 0.6) is 0 Å². The van der Waals surface area contributed by atoms with Crippen molar-refractivity contribution in [1.29, 1.82) is 0 Å². The Kier molecular flexibility index (Phi) is 6.01. The van der Waals surface area contributed by atoms with E-state index in [0.29, 0.717) is 0 Å². The zero-order valence-electron chi connectivity index (χ0n) is 9.89. The van der Waals surface area contributed by atoms with Gasteiger partial charge in [-0.25, -0.2) is 0 Å². The summed E-state index contributed by atoms with van der Waals surface area (Å²) in [6.07, 6.45) is -2.40. The molecule has 0 rings (SSSR count). The van der Waals surface area contributed by atoms with Gasteiger partial charge >= 0.3 is 111 Å². The van der Waals surface area contributed by atoms with E-state index in [0.717, 1.165) is 13.8 Å². The third-order valence-corrected chi connectivity index (χ3v) is 2.87. The van der Waals surface area contributed by atoms with Crippen LogP contribution in [0.4, 0.5) is 17.6 Å². The molecule has 0 aromatic heterocycles. The molecule has 0 aromatic carbocycles. The van der Waals surface area contributed by atoms with Crippen molar-refractivity contribution in [2.75, 3.05) is 0 Å². The van der Waals surface area contributed by atoms with E-state index in [9.17, 15) is 36.7 Å². The van der Waals surface area contributed by atoms with Gasteiger partial charge in [-0.1, -0.05) is 0 Å². The summed E-state index contributed by atoms with van der Waals surface area (Å²) in [5, 5.41) is 0. The zero-order valence-corrected chi connectivity index (χ0v) is 10.9. The average molecular weight is 329 g/mol. The summed E-state index contributed by atoms with van der Waals surface area (Å²) in [6.45, 7) is 1.70. The first kappa shape index (κ1) is 17.9. The molecule has 0 amide bonds. The molecule has 0 aliphatic rings. The summed E-state index contributed by atoms with van der Waals surface area (Å²) in [6, 6.07) is 0. The van der Waals surface area contributed by atoms with Crippen LogP contribution >= 0.6 is 0 Å². The molecule has 0 unspecified atom stereocenters. The van der Waals surface area contributed by atoms with Gasteiger partial charge in [-0.05, 0) is 0 Å². The van der Waals surface area contributed by atoms with Crippen molar-refractivity contribution in [2.45, 2.75) is 36.4 Å². The molecule has 0 aliphatic heterocycles. The Labute approximate surface area is 111 Å². The van der Waals surface area contributed by atoms with Crippen LogP contribution in [0.3, 0.4) is 0 Å². The minimum atomic E-state index is -4.53. The molecule has 0 fully saturated rings. The van der Waals surface area contributed by atoms with E-state index in [1.807, 2.05) is 0 Å². The van der Waals surface area contributed by atoms with Crippen LogP contribution < -0.4 is 0 Å². The number of Topliss-reactive ketones (excluding diaryl/α,β-unsaturated/α-hetero) is 4. The van der Waals surface area contributed by atoms with Crippen molar-refractivity contribution < 1.29 is 51.4 Å². The van der Waals surface area contributed by atoms with Crippen molar-refractivity contribution in [3.63, 3.8) is 0 Å². The molecule has 0 heterocycles. The fourth-order valence-corrected chi connectivity index (χ4v) is 1.75. The monoisotopic (exact) mass is 329 g/mol. The van der Waals surface area contributed by atoms with Gasteiger partial charge in [0.2, 0.25) is 0 Å². The van der Waals surface area contributed by atoms with Gasteiger partial charge in [-0.3, -0.25) is 0 Å². The molecular formula is C10H10CoF4O4. The third-order valence-electron chi connectivity index (χ3n) is 1.64. The summed E-state index contributed by atoms with van der Waals surface area (Å²) in [5.41, 5.74) is 0. The SMILES string of the molecule is CC(=O)CC(=O)[C](F)(F)[Co][C](F)(F)C(=O)CC(C)=O. The van der Waals surface area contributed by atoms with Crippen LogP contribution in [-0.2, 0) is 33.9 Å². The molecule has 0 atom stereocenters. The molecule has 0 saturated heterocycles. The Morgan fingerprint density at radius 2 is 1.05 bits per heavy atom. The van der Waals surface area contributed by atoms with Crippen LogP contribution in [0.2, 0.25) is 0 Å². The molecule has 19 heavy (non-hydrogen) atoms. The molecule has 0 radical (unpaired) electrons. The summed E-state index contributed by atoms with van der Waals surface area (Å²) in [7, 11) is 0. The Balaban J connectivity index is 4.88. The Bertz CT molecular complexity index is 382. The second-order valence-electron chi connectivity index (χ2n) is 3.63. The Hall–Kier alpha value is -1.09. The standard InChI is InChI=1S/2C5H5F2O2.Co/c2*1-3(8)2-4(9)5(6)7;/h2*2H2,1H3;. The van der Waals surface area contributed by atoms with Gasteiger partial charge in [0.05, 0.1) is 0 Å². The van der Waals surface area contributed by atoms with E-state index >= 15 is 0 Å². The van der Waals surface area contributed by atoms with Crippen molar-refractivity contribution in [3.05, 3.63) is 0 Å². The molecule has 0 aromatic rings.